The zero-order valence-electron chi connectivity index (χ0n) is 10.1. The van der Waals surface area contributed by atoms with E-state index in [1.165, 1.54) is 18.2 Å². The van der Waals surface area contributed by atoms with Gasteiger partial charge in [-0.05, 0) is 41.1 Å². The van der Waals surface area contributed by atoms with Crippen molar-refractivity contribution in [2.45, 2.75) is 18.4 Å². The van der Waals surface area contributed by atoms with Crippen molar-refractivity contribution in [1.82, 2.24) is 9.88 Å². The summed E-state index contributed by atoms with van der Waals surface area (Å²) in [5.74, 6) is 0.628. The number of aryl methyl sites for hydroxylation is 1. The monoisotopic (exact) mass is 345 g/mol. The van der Waals surface area contributed by atoms with Crippen LogP contribution in [-0.2, 0) is 16.6 Å². The van der Waals surface area contributed by atoms with Gasteiger partial charge < -0.3 is 10.3 Å². The number of benzene rings is 1. The number of sulfonamides is 1. The number of nitrogens with two attached hydrogens (primary N) is 1. The largest absolute Gasteiger partial charge is 0.399 e. The van der Waals surface area contributed by atoms with Crippen molar-refractivity contribution < 1.29 is 12.9 Å². The second-order valence-corrected chi connectivity index (χ2v) is 6.53. The number of anilines is 1. The standard InChI is InChI=1S/C11H12BrN3O3S/c1-7-4-9(15-18-7)6-14-19(16,17)11-3-2-8(13)5-10(11)12/h2-5,14H,6,13H2,1H3. The summed E-state index contributed by atoms with van der Waals surface area (Å²) in [6.07, 6.45) is 0. The van der Waals surface area contributed by atoms with E-state index in [0.717, 1.165) is 0 Å². The van der Waals surface area contributed by atoms with Crippen LogP contribution < -0.4 is 10.5 Å². The molecule has 0 fully saturated rings. The molecule has 1 aromatic carbocycles. The average Bonchev–Trinajstić information content (AvgIpc) is 2.72. The molecule has 2 rings (SSSR count). The van der Waals surface area contributed by atoms with Gasteiger partial charge in [0.2, 0.25) is 10.0 Å². The quantitative estimate of drug-likeness (QED) is 0.823. The lowest BCUT2D eigenvalue weighted by atomic mass is 10.3. The second kappa shape index (κ2) is 5.32. The Morgan fingerprint density at radius 3 is 2.74 bits per heavy atom. The van der Waals surface area contributed by atoms with Gasteiger partial charge in [0.1, 0.15) is 5.76 Å². The first-order valence-electron chi connectivity index (χ1n) is 5.35. The Labute approximate surface area is 119 Å². The summed E-state index contributed by atoms with van der Waals surface area (Å²) < 4.78 is 31.9. The minimum absolute atomic E-state index is 0.0660. The minimum Gasteiger partial charge on any atom is -0.399 e. The first kappa shape index (κ1) is 14.0. The first-order chi connectivity index (χ1) is 8.88. The van der Waals surface area contributed by atoms with Crippen molar-refractivity contribution in [3.05, 3.63) is 40.2 Å². The van der Waals surface area contributed by atoms with Gasteiger partial charge in [0.25, 0.3) is 0 Å². The molecule has 0 saturated carbocycles. The average molecular weight is 346 g/mol. The molecule has 0 aliphatic carbocycles. The maximum Gasteiger partial charge on any atom is 0.242 e. The Kier molecular flexibility index (Phi) is 3.93. The Balaban J connectivity index is 2.18. The van der Waals surface area contributed by atoms with Crippen LogP contribution in [0.4, 0.5) is 5.69 Å². The van der Waals surface area contributed by atoms with Crippen molar-refractivity contribution in [2.24, 2.45) is 0 Å². The lowest BCUT2D eigenvalue weighted by Crippen LogP contribution is -2.23. The number of nitrogen functional groups attached to an aromatic ring is 1. The second-order valence-electron chi connectivity index (χ2n) is 3.94. The summed E-state index contributed by atoms with van der Waals surface area (Å²) in [6, 6.07) is 6.17. The van der Waals surface area contributed by atoms with Crippen LogP contribution in [0.1, 0.15) is 11.5 Å². The highest BCUT2D eigenvalue weighted by atomic mass is 79.9. The first-order valence-corrected chi connectivity index (χ1v) is 7.63. The fourth-order valence-electron chi connectivity index (χ4n) is 1.48. The van der Waals surface area contributed by atoms with Crippen LogP contribution in [-0.4, -0.2) is 13.6 Å². The fraction of sp³-hybridized carbons (Fsp3) is 0.182. The van der Waals surface area contributed by atoms with Crippen molar-refractivity contribution in [3.8, 4) is 0 Å². The van der Waals surface area contributed by atoms with Gasteiger partial charge in [-0.2, -0.15) is 0 Å². The van der Waals surface area contributed by atoms with Crippen LogP contribution in [0.15, 0.2) is 38.2 Å². The Morgan fingerprint density at radius 1 is 1.42 bits per heavy atom. The van der Waals surface area contributed by atoms with Crippen LogP contribution >= 0.6 is 15.9 Å². The SMILES string of the molecule is Cc1cc(CNS(=O)(=O)c2ccc(N)cc2Br)no1. The van der Waals surface area contributed by atoms with Gasteiger partial charge >= 0.3 is 0 Å². The van der Waals surface area contributed by atoms with Gasteiger partial charge in [-0.1, -0.05) is 5.16 Å². The van der Waals surface area contributed by atoms with Crippen molar-refractivity contribution in [2.75, 3.05) is 5.73 Å². The smallest absolute Gasteiger partial charge is 0.242 e. The van der Waals surface area contributed by atoms with Crippen LogP contribution in [0.25, 0.3) is 0 Å². The Morgan fingerprint density at radius 2 is 2.16 bits per heavy atom. The Hall–Kier alpha value is -1.38. The predicted octanol–water partition coefficient (Wildman–Crippen LogP) is 1.81. The summed E-state index contributed by atoms with van der Waals surface area (Å²) in [5.41, 5.74) is 6.58. The third kappa shape index (κ3) is 3.34. The van der Waals surface area contributed by atoms with Crippen LogP contribution in [0, 0.1) is 6.92 Å². The van der Waals surface area contributed by atoms with Crippen molar-refractivity contribution in [3.63, 3.8) is 0 Å². The highest BCUT2D eigenvalue weighted by Gasteiger charge is 2.18. The molecule has 0 atom stereocenters. The number of hydrogen-bond acceptors (Lipinski definition) is 5. The lowest BCUT2D eigenvalue weighted by Gasteiger charge is -2.07. The molecular formula is C11H12BrN3O3S. The fourth-order valence-corrected chi connectivity index (χ4v) is 3.58. The third-order valence-electron chi connectivity index (χ3n) is 2.37. The maximum atomic E-state index is 12.1. The molecule has 6 nitrogen and oxygen atoms in total. The van der Waals surface area contributed by atoms with E-state index < -0.39 is 10.0 Å². The molecule has 3 N–H and O–H groups in total. The number of nitrogens with one attached hydrogen (secondary N) is 1. The molecule has 0 bridgehead atoms. The molecule has 19 heavy (non-hydrogen) atoms. The Bertz CT molecular complexity index is 697. The van der Waals surface area contributed by atoms with Gasteiger partial charge in [-0.3, -0.25) is 0 Å². The predicted molar refractivity (Wildman–Crippen MR) is 73.8 cm³/mol. The highest BCUT2D eigenvalue weighted by molar-refractivity contribution is 9.10. The topological polar surface area (TPSA) is 98.2 Å². The van der Waals surface area contributed by atoms with Crippen molar-refractivity contribution >= 4 is 31.6 Å². The van der Waals surface area contributed by atoms with Gasteiger partial charge in [-0.15, -0.1) is 0 Å². The molecule has 8 heteroatoms. The number of rotatable bonds is 4. The van der Waals surface area contributed by atoms with Gasteiger partial charge in [-0.25, -0.2) is 13.1 Å². The molecular weight excluding hydrogens is 334 g/mol. The maximum absolute atomic E-state index is 12.1. The van der Waals surface area contributed by atoms with E-state index in [1.807, 2.05) is 0 Å². The summed E-state index contributed by atoms with van der Waals surface area (Å²) >= 11 is 3.18. The number of nitrogens with zero attached hydrogens (tertiary/aromatic N) is 1. The third-order valence-corrected chi connectivity index (χ3v) is 4.74. The van der Waals surface area contributed by atoms with E-state index in [1.54, 1.807) is 13.0 Å². The van der Waals surface area contributed by atoms with E-state index in [4.69, 9.17) is 10.3 Å². The van der Waals surface area contributed by atoms with Crippen LogP contribution in [0.3, 0.4) is 0 Å². The molecule has 0 aliphatic heterocycles. The molecule has 1 aromatic heterocycles. The minimum atomic E-state index is -3.63. The number of halogens is 1. The van der Waals surface area contributed by atoms with Gasteiger partial charge in [0, 0.05) is 16.2 Å². The van der Waals surface area contributed by atoms with E-state index in [2.05, 4.69) is 25.8 Å². The zero-order valence-corrected chi connectivity index (χ0v) is 12.5. The highest BCUT2D eigenvalue weighted by Crippen LogP contribution is 2.24. The molecule has 0 unspecified atom stereocenters. The van der Waals surface area contributed by atoms with Gasteiger partial charge in [0.05, 0.1) is 17.1 Å². The molecule has 0 aliphatic rings. The van der Waals surface area contributed by atoms with Crippen LogP contribution in [0.2, 0.25) is 0 Å². The van der Waals surface area contributed by atoms with E-state index >= 15 is 0 Å². The number of aromatic nitrogens is 1. The zero-order chi connectivity index (χ0) is 14.0. The van der Waals surface area contributed by atoms with E-state index in [0.29, 0.717) is 21.6 Å². The van der Waals surface area contributed by atoms with E-state index in [9.17, 15) is 8.42 Å². The summed E-state index contributed by atoms with van der Waals surface area (Å²) in [6.45, 7) is 1.80. The molecule has 2 aromatic rings. The van der Waals surface area contributed by atoms with E-state index in [-0.39, 0.29) is 11.4 Å². The molecule has 0 spiro atoms. The molecule has 0 radical (unpaired) electrons. The molecule has 1 heterocycles. The number of hydrogen-bond donors (Lipinski definition) is 2. The summed E-state index contributed by atoms with van der Waals surface area (Å²) in [4.78, 5) is 0.127. The molecule has 102 valence electrons. The van der Waals surface area contributed by atoms with Crippen molar-refractivity contribution in [1.29, 1.82) is 0 Å². The normalized spacial score (nSPS) is 11.7. The molecule has 0 amide bonds. The summed E-state index contributed by atoms with van der Waals surface area (Å²) in [5, 5.41) is 3.72. The van der Waals surface area contributed by atoms with Gasteiger partial charge in [0.15, 0.2) is 0 Å². The molecule has 0 saturated heterocycles. The van der Waals surface area contributed by atoms with Crippen LogP contribution in [0.5, 0.6) is 0 Å². The lowest BCUT2D eigenvalue weighted by molar-refractivity contribution is 0.390. The summed E-state index contributed by atoms with van der Waals surface area (Å²) in [7, 11) is -3.63.